The minimum absolute atomic E-state index is 0.220. The first-order valence-corrected chi connectivity index (χ1v) is 10.7. The van der Waals surface area contributed by atoms with Crippen LogP contribution < -0.4 is 10.3 Å². The number of hydrogen-bond donors (Lipinski definition) is 2. The summed E-state index contributed by atoms with van der Waals surface area (Å²) in [6.07, 6.45) is 9.64. The van der Waals surface area contributed by atoms with E-state index in [1.165, 1.54) is 38.5 Å². The van der Waals surface area contributed by atoms with Gasteiger partial charge in [0.05, 0.1) is 6.21 Å². The Balaban J connectivity index is 1.24. The van der Waals surface area contributed by atoms with E-state index in [1.807, 2.05) is 49.3 Å². The third-order valence-corrected chi connectivity index (χ3v) is 7.21. The summed E-state index contributed by atoms with van der Waals surface area (Å²) in [5, 5.41) is 11.6. The Morgan fingerprint density at radius 3 is 2.34 bits per heavy atom. The standard InChI is InChI=1S/C23H29N5O/c1-28(2)19-5-3-15(4-6-19)14-24-27-22(29)20-10-21(26-25-20)23-11-16-7-17(12-23)9-18(8-16)13-23/h3-6,10,14,16-18H,7-9,11-13H2,1-2H3,(H,25,26)(H,27,29). The SMILES string of the molecule is CN(C)c1ccc(C=NNC(=O)c2cc(C34CC5CC(CC(C5)C3)C4)[nH]n2)cc1. The normalized spacial score (nSPS) is 30.1. The van der Waals surface area contributed by atoms with Gasteiger partial charge in [-0.15, -0.1) is 0 Å². The summed E-state index contributed by atoms with van der Waals surface area (Å²) in [7, 11) is 4.01. The molecule has 4 aliphatic carbocycles. The molecule has 0 radical (unpaired) electrons. The quantitative estimate of drug-likeness (QED) is 0.603. The number of rotatable bonds is 5. The van der Waals surface area contributed by atoms with E-state index in [-0.39, 0.29) is 11.3 Å². The van der Waals surface area contributed by atoms with E-state index in [0.29, 0.717) is 5.69 Å². The van der Waals surface area contributed by atoms with Crippen LogP contribution >= 0.6 is 0 Å². The van der Waals surface area contributed by atoms with Crippen LogP contribution in [0, 0.1) is 17.8 Å². The lowest BCUT2D eigenvalue weighted by Crippen LogP contribution is -2.48. The van der Waals surface area contributed by atoms with Gasteiger partial charge in [-0.2, -0.15) is 10.2 Å². The van der Waals surface area contributed by atoms with Crippen LogP contribution in [0.15, 0.2) is 35.4 Å². The molecular formula is C23H29N5O. The van der Waals surface area contributed by atoms with Gasteiger partial charge in [-0.1, -0.05) is 12.1 Å². The van der Waals surface area contributed by atoms with Gasteiger partial charge in [-0.25, -0.2) is 5.43 Å². The molecule has 1 aromatic carbocycles. The summed E-state index contributed by atoms with van der Waals surface area (Å²) >= 11 is 0. The van der Waals surface area contributed by atoms with Gasteiger partial charge in [-0.05, 0) is 80.0 Å². The molecular weight excluding hydrogens is 362 g/mol. The number of nitrogens with zero attached hydrogens (tertiary/aromatic N) is 3. The molecule has 4 saturated carbocycles. The average molecular weight is 392 g/mol. The Bertz CT molecular complexity index is 892. The van der Waals surface area contributed by atoms with E-state index in [2.05, 4.69) is 20.7 Å². The predicted molar refractivity (Wildman–Crippen MR) is 114 cm³/mol. The minimum Gasteiger partial charge on any atom is -0.378 e. The van der Waals surface area contributed by atoms with Gasteiger partial charge in [0.2, 0.25) is 0 Å². The molecule has 1 amide bonds. The lowest BCUT2D eigenvalue weighted by Gasteiger charge is -2.56. The number of anilines is 1. The Hall–Kier alpha value is -2.63. The van der Waals surface area contributed by atoms with E-state index in [4.69, 9.17) is 0 Å². The van der Waals surface area contributed by atoms with Gasteiger partial charge < -0.3 is 4.90 Å². The summed E-state index contributed by atoms with van der Waals surface area (Å²) < 4.78 is 0. The Kier molecular flexibility index (Phi) is 4.45. The van der Waals surface area contributed by atoms with Crippen molar-refractivity contribution >= 4 is 17.8 Å². The van der Waals surface area contributed by atoms with Crippen LogP contribution in [-0.2, 0) is 5.41 Å². The number of benzene rings is 1. The lowest BCUT2D eigenvalue weighted by molar-refractivity contribution is -0.00721. The average Bonchev–Trinajstić information content (AvgIpc) is 3.18. The molecule has 6 heteroatoms. The van der Waals surface area contributed by atoms with Gasteiger partial charge >= 0.3 is 0 Å². The molecule has 4 aliphatic rings. The van der Waals surface area contributed by atoms with Crippen LogP contribution in [0.3, 0.4) is 0 Å². The first-order valence-electron chi connectivity index (χ1n) is 10.7. The molecule has 2 N–H and O–H groups in total. The molecule has 152 valence electrons. The van der Waals surface area contributed by atoms with Crippen LogP contribution in [0.4, 0.5) is 5.69 Å². The highest BCUT2D eigenvalue weighted by Gasteiger charge is 2.52. The van der Waals surface area contributed by atoms with Gasteiger partial charge in [0.15, 0.2) is 5.69 Å². The van der Waals surface area contributed by atoms with Crippen molar-refractivity contribution in [3.05, 3.63) is 47.3 Å². The predicted octanol–water partition coefficient (Wildman–Crippen LogP) is 3.71. The molecule has 1 aromatic heterocycles. The van der Waals surface area contributed by atoms with Crippen molar-refractivity contribution in [3.63, 3.8) is 0 Å². The minimum atomic E-state index is -0.265. The highest BCUT2D eigenvalue weighted by atomic mass is 16.2. The van der Waals surface area contributed by atoms with Crippen LogP contribution in [0.1, 0.15) is 60.3 Å². The molecule has 6 rings (SSSR count). The third kappa shape index (κ3) is 3.45. The number of aromatic amines is 1. The number of hydrogen-bond acceptors (Lipinski definition) is 4. The van der Waals surface area contributed by atoms with Crippen LogP contribution in [0.25, 0.3) is 0 Å². The number of nitrogens with one attached hydrogen (secondary N) is 2. The molecule has 0 unspecified atom stereocenters. The number of amides is 1. The topological polar surface area (TPSA) is 73.4 Å². The summed E-state index contributed by atoms with van der Waals surface area (Å²) in [6, 6.07) is 9.96. The van der Waals surface area contributed by atoms with Crippen molar-refractivity contribution in [2.24, 2.45) is 22.9 Å². The maximum atomic E-state index is 12.5. The van der Waals surface area contributed by atoms with Crippen molar-refractivity contribution in [1.29, 1.82) is 0 Å². The molecule has 2 aromatic rings. The van der Waals surface area contributed by atoms with Gasteiger partial charge in [0, 0.05) is 30.9 Å². The highest BCUT2D eigenvalue weighted by Crippen LogP contribution is 2.60. The first kappa shape index (κ1) is 18.4. The third-order valence-electron chi connectivity index (χ3n) is 7.21. The smallest absolute Gasteiger partial charge is 0.291 e. The number of aromatic nitrogens is 2. The zero-order valence-electron chi connectivity index (χ0n) is 17.2. The zero-order valence-corrected chi connectivity index (χ0v) is 17.2. The monoisotopic (exact) mass is 391 g/mol. The van der Waals surface area contributed by atoms with E-state index in [0.717, 1.165) is 34.7 Å². The Morgan fingerprint density at radius 1 is 1.14 bits per heavy atom. The fourth-order valence-electron chi connectivity index (χ4n) is 6.23. The Morgan fingerprint density at radius 2 is 1.76 bits per heavy atom. The molecule has 4 bridgehead atoms. The van der Waals surface area contributed by atoms with Gasteiger partial charge in [0.1, 0.15) is 0 Å². The van der Waals surface area contributed by atoms with E-state index in [9.17, 15) is 4.79 Å². The van der Waals surface area contributed by atoms with E-state index >= 15 is 0 Å². The van der Waals surface area contributed by atoms with Crippen molar-refractivity contribution in [3.8, 4) is 0 Å². The van der Waals surface area contributed by atoms with Crippen molar-refractivity contribution in [2.75, 3.05) is 19.0 Å². The molecule has 6 nitrogen and oxygen atoms in total. The second-order valence-electron chi connectivity index (χ2n) is 9.55. The van der Waals surface area contributed by atoms with Crippen LogP contribution in [0.5, 0.6) is 0 Å². The fourth-order valence-corrected chi connectivity index (χ4v) is 6.23. The lowest BCUT2D eigenvalue weighted by atomic mass is 9.49. The number of carbonyl (C=O) groups is 1. The molecule has 0 atom stereocenters. The Labute approximate surface area is 171 Å². The van der Waals surface area contributed by atoms with Gasteiger partial charge in [-0.3, -0.25) is 9.89 Å². The molecule has 0 aliphatic heterocycles. The maximum Gasteiger partial charge on any atom is 0.291 e. The summed E-state index contributed by atoms with van der Waals surface area (Å²) in [5.41, 5.74) is 6.48. The molecule has 1 heterocycles. The van der Waals surface area contributed by atoms with Gasteiger partial charge in [0.25, 0.3) is 5.91 Å². The second kappa shape index (κ2) is 7.01. The van der Waals surface area contributed by atoms with Crippen molar-refractivity contribution in [1.82, 2.24) is 15.6 Å². The second-order valence-corrected chi connectivity index (χ2v) is 9.55. The zero-order chi connectivity index (χ0) is 20.0. The summed E-state index contributed by atoms with van der Waals surface area (Å²) in [5.74, 6) is 2.33. The largest absolute Gasteiger partial charge is 0.378 e. The highest BCUT2D eigenvalue weighted by molar-refractivity contribution is 5.93. The summed E-state index contributed by atoms with van der Waals surface area (Å²) in [6.45, 7) is 0. The molecule has 0 spiro atoms. The fraction of sp³-hybridized carbons (Fsp3) is 0.522. The first-order chi connectivity index (χ1) is 14.0. The number of carbonyl (C=O) groups excluding carboxylic acids is 1. The molecule has 29 heavy (non-hydrogen) atoms. The number of hydrazone groups is 1. The van der Waals surface area contributed by atoms with E-state index in [1.54, 1.807) is 6.21 Å². The maximum absolute atomic E-state index is 12.5. The van der Waals surface area contributed by atoms with Crippen molar-refractivity contribution < 1.29 is 4.79 Å². The van der Waals surface area contributed by atoms with Crippen LogP contribution in [0.2, 0.25) is 0 Å². The number of H-pyrrole nitrogens is 1. The summed E-state index contributed by atoms with van der Waals surface area (Å²) in [4.78, 5) is 14.5. The van der Waals surface area contributed by atoms with Crippen LogP contribution in [-0.4, -0.2) is 36.4 Å². The van der Waals surface area contributed by atoms with E-state index < -0.39 is 0 Å². The molecule has 4 fully saturated rings. The molecule has 0 saturated heterocycles. The van der Waals surface area contributed by atoms with Crippen molar-refractivity contribution in [2.45, 2.75) is 43.9 Å².